The lowest BCUT2D eigenvalue weighted by Gasteiger charge is -2.32. The highest BCUT2D eigenvalue weighted by Crippen LogP contribution is 2.24. The second-order valence-corrected chi connectivity index (χ2v) is 6.29. The molecular formula is C12H19BrN2S. The van der Waals surface area contributed by atoms with Crippen LogP contribution in [0.5, 0.6) is 0 Å². The van der Waals surface area contributed by atoms with Gasteiger partial charge in [0.05, 0.1) is 12.2 Å². The lowest BCUT2D eigenvalue weighted by atomic mass is 10.0. The first-order valence-electron chi connectivity index (χ1n) is 5.96. The molecule has 1 aliphatic heterocycles. The number of thiazole rings is 1. The van der Waals surface area contributed by atoms with E-state index in [2.05, 4.69) is 39.7 Å². The predicted octanol–water partition coefficient (Wildman–Crippen LogP) is 3.72. The summed E-state index contributed by atoms with van der Waals surface area (Å²) >= 11 is 5.37. The maximum Gasteiger partial charge on any atom is 0.107 e. The van der Waals surface area contributed by atoms with Crippen LogP contribution >= 0.6 is 27.3 Å². The molecule has 4 heteroatoms. The largest absolute Gasteiger partial charge is 0.294 e. The monoisotopic (exact) mass is 302 g/mol. The lowest BCUT2D eigenvalue weighted by Crippen LogP contribution is -2.36. The van der Waals surface area contributed by atoms with E-state index < -0.39 is 0 Å². The Hall–Kier alpha value is 0.0700. The summed E-state index contributed by atoms with van der Waals surface area (Å²) < 4.78 is 0. The molecule has 2 heterocycles. The van der Waals surface area contributed by atoms with Crippen LogP contribution in [0.25, 0.3) is 0 Å². The van der Waals surface area contributed by atoms with Gasteiger partial charge in [0.25, 0.3) is 0 Å². The average molecular weight is 303 g/mol. The standard InChI is InChI=1S/C12H19BrN2S/c1-9-5-3-4-6-15(9)8-12-14-10(2)11(7-13)16-12/h9H,3-8H2,1-2H3. The van der Waals surface area contributed by atoms with E-state index in [4.69, 9.17) is 0 Å². The summed E-state index contributed by atoms with van der Waals surface area (Å²) in [6.45, 7) is 6.73. The molecule has 0 saturated carbocycles. The van der Waals surface area contributed by atoms with Crippen LogP contribution in [0.15, 0.2) is 0 Å². The normalized spacial score (nSPS) is 22.6. The van der Waals surface area contributed by atoms with Crippen molar-refractivity contribution in [1.29, 1.82) is 0 Å². The number of rotatable bonds is 3. The van der Waals surface area contributed by atoms with Gasteiger partial charge in [0, 0.05) is 16.2 Å². The molecule has 1 atom stereocenters. The molecule has 0 radical (unpaired) electrons. The number of halogens is 1. The quantitative estimate of drug-likeness (QED) is 0.791. The molecule has 1 aromatic rings. The Morgan fingerprint density at radius 2 is 2.31 bits per heavy atom. The van der Waals surface area contributed by atoms with Gasteiger partial charge in [-0.25, -0.2) is 4.98 Å². The van der Waals surface area contributed by atoms with Crippen molar-refractivity contribution in [2.75, 3.05) is 6.54 Å². The fraction of sp³-hybridized carbons (Fsp3) is 0.750. The zero-order valence-electron chi connectivity index (χ0n) is 10.0. The van der Waals surface area contributed by atoms with Gasteiger partial charge >= 0.3 is 0 Å². The number of hydrogen-bond donors (Lipinski definition) is 0. The number of piperidine rings is 1. The Kier molecular flexibility index (Phi) is 4.39. The first kappa shape index (κ1) is 12.5. The van der Waals surface area contributed by atoms with E-state index in [1.165, 1.54) is 41.4 Å². The van der Waals surface area contributed by atoms with Crippen LogP contribution in [0.3, 0.4) is 0 Å². The Morgan fingerprint density at radius 1 is 1.50 bits per heavy atom. The zero-order chi connectivity index (χ0) is 11.5. The van der Waals surface area contributed by atoms with Crippen LogP contribution < -0.4 is 0 Å². The summed E-state index contributed by atoms with van der Waals surface area (Å²) in [5.41, 5.74) is 1.20. The third-order valence-electron chi connectivity index (χ3n) is 3.34. The van der Waals surface area contributed by atoms with Gasteiger partial charge in [0.1, 0.15) is 5.01 Å². The molecule has 1 aromatic heterocycles. The molecule has 1 aliphatic rings. The number of likely N-dealkylation sites (tertiary alicyclic amines) is 1. The molecule has 16 heavy (non-hydrogen) atoms. The zero-order valence-corrected chi connectivity index (χ0v) is 12.4. The summed E-state index contributed by atoms with van der Waals surface area (Å²) in [6.07, 6.45) is 4.08. The van der Waals surface area contributed by atoms with Gasteiger partial charge < -0.3 is 0 Å². The van der Waals surface area contributed by atoms with E-state index >= 15 is 0 Å². The third-order valence-corrected chi connectivity index (χ3v) is 5.41. The van der Waals surface area contributed by atoms with Gasteiger partial charge in [0.15, 0.2) is 0 Å². The van der Waals surface area contributed by atoms with Crippen LogP contribution in [0, 0.1) is 6.92 Å². The summed E-state index contributed by atoms with van der Waals surface area (Å²) in [4.78, 5) is 8.60. The van der Waals surface area contributed by atoms with E-state index in [0.717, 1.165) is 17.9 Å². The molecule has 1 fully saturated rings. The SMILES string of the molecule is Cc1nc(CN2CCCCC2C)sc1CBr. The fourth-order valence-corrected chi connectivity index (χ4v) is 3.94. The number of nitrogens with zero attached hydrogens (tertiary/aromatic N) is 2. The summed E-state index contributed by atoms with van der Waals surface area (Å²) in [7, 11) is 0. The Labute approximate surface area is 110 Å². The van der Waals surface area contributed by atoms with Gasteiger partial charge in [-0.3, -0.25) is 4.90 Å². The molecule has 0 bridgehead atoms. The smallest absolute Gasteiger partial charge is 0.107 e. The van der Waals surface area contributed by atoms with Gasteiger partial charge in [-0.05, 0) is 33.2 Å². The Balaban J connectivity index is 2.02. The van der Waals surface area contributed by atoms with E-state index in [1.807, 2.05) is 11.3 Å². The fourth-order valence-electron chi connectivity index (χ4n) is 2.25. The number of hydrogen-bond acceptors (Lipinski definition) is 3. The molecular weight excluding hydrogens is 284 g/mol. The van der Waals surface area contributed by atoms with E-state index in [-0.39, 0.29) is 0 Å². The van der Waals surface area contributed by atoms with Crippen LogP contribution in [0.2, 0.25) is 0 Å². The maximum atomic E-state index is 4.66. The minimum atomic E-state index is 0.727. The Bertz CT molecular complexity index is 351. The highest BCUT2D eigenvalue weighted by atomic mass is 79.9. The lowest BCUT2D eigenvalue weighted by molar-refractivity contribution is 0.152. The van der Waals surface area contributed by atoms with Crippen LogP contribution in [-0.4, -0.2) is 22.5 Å². The second kappa shape index (κ2) is 5.61. The molecule has 0 aliphatic carbocycles. The number of alkyl halides is 1. The van der Waals surface area contributed by atoms with Crippen LogP contribution in [0.1, 0.15) is 41.8 Å². The molecule has 0 aromatic carbocycles. The van der Waals surface area contributed by atoms with E-state index in [1.54, 1.807) is 0 Å². The molecule has 1 unspecified atom stereocenters. The van der Waals surface area contributed by atoms with Gasteiger partial charge in [-0.2, -0.15) is 0 Å². The van der Waals surface area contributed by atoms with Crippen molar-refractivity contribution in [3.8, 4) is 0 Å². The van der Waals surface area contributed by atoms with E-state index in [9.17, 15) is 0 Å². The first-order valence-corrected chi connectivity index (χ1v) is 7.89. The third kappa shape index (κ3) is 2.84. The minimum absolute atomic E-state index is 0.727. The summed E-state index contributed by atoms with van der Waals surface area (Å²) in [6, 6.07) is 0.727. The maximum absolute atomic E-state index is 4.66. The number of aromatic nitrogens is 1. The molecule has 0 N–H and O–H groups in total. The second-order valence-electron chi connectivity index (χ2n) is 4.57. The molecule has 2 nitrogen and oxygen atoms in total. The Morgan fingerprint density at radius 3 is 2.94 bits per heavy atom. The summed E-state index contributed by atoms with van der Waals surface area (Å²) in [5.74, 6) is 0. The van der Waals surface area contributed by atoms with Gasteiger partial charge in [0.2, 0.25) is 0 Å². The molecule has 1 saturated heterocycles. The van der Waals surface area contributed by atoms with Crippen molar-refractivity contribution in [2.24, 2.45) is 0 Å². The van der Waals surface area contributed by atoms with Crippen molar-refractivity contribution < 1.29 is 0 Å². The summed E-state index contributed by atoms with van der Waals surface area (Å²) in [5, 5.41) is 2.21. The van der Waals surface area contributed by atoms with Crippen molar-refractivity contribution >= 4 is 27.3 Å². The van der Waals surface area contributed by atoms with Crippen molar-refractivity contribution in [1.82, 2.24) is 9.88 Å². The van der Waals surface area contributed by atoms with Gasteiger partial charge in [-0.1, -0.05) is 22.4 Å². The van der Waals surface area contributed by atoms with Gasteiger partial charge in [-0.15, -0.1) is 11.3 Å². The number of aryl methyl sites for hydroxylation is 1. The first-order chi connectivity index (χ1) is 7.70. The van der Waals surface area contributed by atoms with Crippen molar-refractivity contribution in [3.63, 3.8) is 0 Å². The topological polar surface area (TPSA) is 16.1 Å². The van der Waals surface area contributed by atoms with Crippen LogP contribution in [0.4, 0.5) is 0 Å². The van der Waals surface area contributed by atoms with Crippen molar-refractivity contribution in [2.45, 2.75) is 51.0 Å². The molecule has 90 valence electrons. The minimum Gasteiger partial charge on any atom is -0.294 e. The molecule has 0 amide bonds. The molecule has 2 rings (SSSR count). The molecule has 0 spiro atoms. The average Bonchev–Trinajstić information content (AvgIpc) is 2.62. The van der Waals surface area contributed by atoms with E-state index in [0.29, 0.717) is 0 Å². The van der Waals surface area contributed by atoms with Crippen molar-refractivity contribution in [3.05, 3.63) is 15.6 Å². The predicted molar refractivity (Wildman–Crippen MR) is 73.2 cm³/mol. The van der Waals surface area contributed by atoms with Crippen LogP contribution in [-0.2, 0) is 11.9 Å². The highest BCUT2D eigenvalue weighted by molar-refractivity contribution is 9.08. The highest BCUT2D eigenvalue weighted by Gasteiger charge is 2.19.